The molecule has 0 saturated heterocycles. The minimum absolute atomic E-state index is 0.0594. The van der Waals surface area contributed by atoms with E-state index < -0.39 is 10.0 Å². The number of H-pyrrole nitrogens is 1. The number of sulfonamides is 1. The molecule has 0 radical (unpaired) electrons. The van der Waals surface area contributed by atoms with Gasteiger partial charge in [0.1, 0.15) is 0 Å². The van der Waals surface area contributed by atoms with Gasteiger partial charge < -0.3 is 5.32 Å². The van der Waals surface area contributed by atoms with E-state index in [1.807, 2.05) is 13.8 Å². The van der Waals surface area contributed by atoms with Crippen LogP contribution in [0.2, 0.25) is 0 Å². The zero-order chi connectivity index (χ0) is 14.8. The molecule has 0 fully saturated rings. The van der Waals surface area contributed by atoms with Crippen LogP contribution in [0.3, 0.4) is 0 Å². The Labute approximate surface area is 117 Å². The minimum atomic E-state index is -3.70. The third-order valence-electron chi connectivity index (χ3n) is 2.70. The van der Waals surface area contributed by atoms with Crippen LogP contribution in [0.1, 0.15) is 25.5 Å². The summed E-state index contributed by atoms with van der Waals surface area (Å²) in [5.41, 5.74) is 1.000. The Morgan fingerprint density at radius 1 is 1.40 bits per heavy atom. The molecule has 0 atom stereocenters. The zero-order valence-electron chi connectivity index (χ0n) is 11.6. The molecule has 2 heterocycles. The van der Waals surface area contributed by atoms with E-state index in [0.29, 0.717) is 17.8 Å². The minimum Gasteiger partial charge on any atom is -0.316 e. The second-order valence-electron chi connectivity index (χ2n) is 4.66. The third-order valence-corrected chi connectivity index (χ3v) is 4.09. The van der Waals surface area contributed by atoms with Crippen LogP contribution in [0.25, 0.3) is 0 Å². The van der Waals surface area contributed by atoms with Crippen LogP contribution >= 0.6 is 0 Å². The molecule has 0 aliphatic carbocycles. The van der Waals surface area contributed by atoms with E-state index in [0.717, 1.165) is 0 Å². The van der Waals surface area contributed by atoms with Crippen LogP contribution in [0.4, 0.5) is 5.69 Å². The van der Waals surface area contributed by atoms with E-state index in [-0.39, 0.29) is 11.1 Å². The number of nitrogens with one attached hydrogen (secondary N) is 3. The SMILES string of the molecule is CNCc1cn[nH]c1S(=O)(=O)Nc1cnn(C(C)C)c1. The summed E-state index contributed by atoms with van der Waals surface area (Å²) in [5.74, 6) is 0. The number of rotatable bonds is 6. The van der Waals surface area contributed by atoms with Gasteiger partial charge in [0.05, 0.1) is 18.1 Å². The van der Waals surface area contributed by atoms with Crippen LogP contribution in [0.5, 0.6) is 0 Å². The first-order valence-corrected chi connectivity index (χ1v) is 7.66. The van der Waals surface area contributed by atoms with Gasteiger partial charge in [0.15, 0.2) is 5.03 Å². The van der Waals surface area contributed by atoms with Crippen LogP contribution < -0.4 is 10.0 Å². The largest absolute Gasteiger partial charge is 0.316 e. The van der Waals surface area contributed by atoms with Gasteiger partial charge in [0.25, 0.3) is 10.0 Å². The van der Waals surface area contributed by atoms with Gasteiger partial charge in [-0.05, 0) is 20.9 Å². The maximum atomic E-state index is 12.3. The Bertz CT molecular complexity index is 673. The number of hydrogen-bond acceptors (Lipinski definition) is 5. The van der Waals surface area contributed by atoms with Gasteiger partial charge in [0.2, 0.25) is 0 Å². The van der Waals surface area contributed by atoms with Gasteiger partial charge in [-0.2, -0.15) is 18.6 Å². The molecule has 110 valence electrons. The Kier molecular flexibility index (Phi) is 4.09. The van der Waals surface area contributed by atoms with Crippen molar-refractivity contribution in [2.75, 3.05) is 11.8 Å². The average molecular weight is 298 g/mol. The fourth-order valence-electron chi connectivity index (χ4n) is 1.73. The van der Waals surface area contributed by atoms with Crippen molar-refractivity contribution in [2.45, 2.75) is 31.5 Å². The number of anilines is 1. The summed E-state index contributed by atoms with van der Waals surface area (Å²) in [6.07, 6.45) is 4.62. The zero-order valence-corrected chi connectivity index (χ0v) is 12.4. The Morgan fingerprint density at radius 3 is 2.75 bits per heavy atom. The van der Waals surface area contributed by atoms with Gasteiger partial charge in [-0.1, -0.05) is 0 Å². The van der Waals surface area contributed by atoms with Crippen molar-refractivity contribution in [1.29, 1.82) is 0 Å². The topological polar surface area (TPSA) is 105 Å². The molecule has 2 aromatic rings. The monoisotopic (exact) mass is 298 g/mol. The number of aromatic amines is 1. The molecular weight excluding hydrogens is 280 g/mol. The highest BCUT2D eigenvalue weighted by Gasteiger charge is 2.21. The van der Waals surface area contributed by atoms with Crippen LogP contribution in [-0.4, -0.2) is 35.4 Å². The summed E-state index contributed by atoms with van der Waals surface area (Å²) in [5, 5.41) is 13.3. The molecule has 2 aromatic heterocycles. The van der Waals surface area contributed by atoms with E-state index in [4.69, 9.17) is 0 Å². The average Bonchev–Trinajstić information content (AvgIpc) is 2.98. The summed E-state index contributed by atoms with van der Waals surface area (Å²) in [7, 11) is -1.96. The number of aromatic nitrogens is 4. The predicted molar refractivity (Wildman–Crippen MR) is 74.8 cm³/mol. The van der Waals surface area contributed by atoms with E-state index in [9.17, 15) is 8.42 Å². The van der Waals surface area contributed by atoms with Crippen molar-refractivity contribution in [2.24, 2.45) is 0 Å². The van der Waals surface area contributed by atoms with Crippen molar-refractivity contribution in [3.05, 3.63) is 24.2 Å². The Balaban J connectivity index is 2.24. The van der Waals surface area contributed by atoms with Crippen molar-refractivity contribution in [3.8, 4) is 0 Å². The Morgan fingerprint density at radius 2 is 2.15 bits per heavy atom. The van der Waals surface area contributed by atoms with Crippen LogP contribution in [0, 0.1) is 0 Å². The highest BCUT2D eigenvalue weighted by Crippen LogP contribution is 2.17. The first-order chi connectivity index (χ1) is 9.44. The molecule has 3 N–H and O–H groups in total. The molecule has 0 spiro atoms. The first-order valence-electron chi connectivity index (χ1n) is 6.18. The summed E-state index contributed by atoms with van der Waals surface area (Å²) >= 11 is 0. The van der Waals surface area contributed by atoms with E-state index in [1.165, 1.54) is 12.4 Å². The first kappa shape index (κ1) is 14.5. The molecule has 0 aliphatic heterocycles. The second-order valence-corrected chi connectivity index (χ2v) is 6.28. The van der Waals surface area contributed by atoms with Crippen LogP contribution in [0.15, 0.2) is 23.6 Å². The molecule has 8 nitrogen and oxygen atoms in total. The van der Waals surface area contributed by atoms with Crippen molar-refractivity contribution < 1.29 is 8.42 Å². The fourth-order valence-corrected chi connectivity index (χ4v) is 2.89. The molecule has 0 amide bonds. The standard InChI is InChI=1S/C11H18N6O2S/c1-8(2)17-7-10(6-14-17)16-20(18,19)11-9(4-12-3)5-13-15-11/h5-8,12,16H,4H2,1-3H3,(H,13,15). The van der Waals surface area contributed by atoms with Gasteiger partial charge >= 0.3 is 0 Å². The van der Waals surface area contributed by atoms with Gasteiger partial charge in [0, 0.05) is 24.3 Å². The summed E-state index contributed by atoms with van der Waals surface area (Å²) < 4.78 is 28.7. The van der Waals surface area contributed by atoms with E-state index in [2.05, 4.69) is 25.3 Å². The summed E-state index contributed by atoms with van der Waals surface area (Å²) in [6, 6.07) is 0.167. The smallest absolute Gasteiger partial charge is 0.279 e. The van der Waals surface area contributed by atoms with Gasteiger partial charge in [-0.25, -0.2) is 0 Å². The van der Waals surface area contributed by atoms with E-state index in [1.54, 1.807) is 17.9 Å². The number of nitrogens with zero attached hydrogens (tertiary/aromatic N) is 3. The molecule has 0 aliphatic rings. The maximum absolute atomic E-state index is 12.3. The van der Waals surface area contributed by atoms with Gasteiger partial charge in [-0.3, -0.25) is 14.5 Å². The molecule has 0 saturated carbocycles. The van der Waals surface area contributed by atoms with Gasteiger partial charge in [-0.15, -0.1) is 0 Å². The van der Waals surface area contributed by atoms with Crippen molar-refractivity contribution >= 4 is 15.7 Å². The van der Waals surface area contributed by atoms with Crippen molar-refractivity contribution in [1.82, 2.24) is 25.3 Å². The fraction of sp³-hybridized carbons (Fsp3) is 0.455. The highest BCUT2D eigenvalue weighted by atomic mass is 32.2. The molecule has 2 rings (SSSR count). The lowest BCUT2D eigenvalue weighted by molar-refractivity contribution is 0.532. The third kappa shape index (κ3) is 2.99. The maximum Gasteiger partial charge on any atom is 0.279 e. The Hall–Kier alpha value is -1.87. The molecular formula is C11H18N6O2S. The molecule has 0 aromatic carbocycles. The molecule has 0 bridgehead atoms. The normalized spacial score (nSPS) is 12.0. The lowest BCUT2D eigenvalue weighted by atomic mass is 10.4. The number of hydrogen-bond donors (Lipinski definition) is 3. The second kappa shape index (κ2) is 5.63. The molecule has 9 heteroatoms. The highest BCUT2D eigenvalue weighted by molar-refractivity contribution is 7.92. The van der Waals surface area contributed by atoms with Crippen molar-refractivity contribution in [3.63, 3.8) is 0 Å². The lowest BCUT2D eigenvalue weighted by Crippen LogP contribution is -2.17. The quantitative estimate of drug-likeness (QED) is 0.728. The predicted octanol–water partition coefficient (Wildman–Crippen LogP) is 0.707. The summed E-state index contributed by atoms with van der Waals surface area (Å²) in [6.45, 7) is 4.34. The van der Waals surface area contributed by atoms with E-state index >= 15 is 0 Å². The summed E-state index contributed by atoms with van der Waals surface area (Å²) in [4.78, 5) is 0. The van der Waals surface area contributed by atoms with Crippen LogP contribution in [-0.2, 0) is 16.6 Å². The molecule has 0 unspecified atom stereocenters. The lowest BCUT2D eigenvalue weighted by Gasteiger charge is -2.06. The molecule has 20 heavy (non-hydrogen) atoms.